The van der Waals surface area contributed by atoms with Gasteiger partial charge >= 0.3 is 12.3 Å². The molecule has 6 heteroatoms. The molecule has 0 radical (unpaired) electrons. The Hall–Kier alpha value is -2.16. The van der Waals surface area contributed by atoms with Crippen molar-refractivity contribution in [3.8, 4) is 12.3 Å². The molecule has 0 spiro atoms. The van der Waals surface area contributed by atoms with Gasteiger partial charge in [-0.2, -0.15) is 13.2 Å². The van der Waals surface area contributed by atoms with Crippen LogP contribution in [-0.2, 0) is 10.9 Å². The summed E-state index contributed by atoms with van der Waals surface area (Å²) in [7, 11) is 0. The number of alkyl halides is 3. The van der Waals surface area contributed by atoms with Crippen LogP contribution in [0.15, 0.2) is 24.3 Å². The summed E-state index contributed by atoms with van der Waals surface area (Å²) < 4.78 is 43.0. The lowest BCUT2D eigenvalue weighted by molar-refractivity contribution is -0.137. The molecule has 0 heterocycles. The van der Waals surface area contributed by atoms with Gasteiger partial charge in [-0.1, -0.05) is 5.92 Å². The van der Waals surface area contributed by atoms with Gasteiger partial charge in [0.25, 0.3) is 0 Å². The predicted molar refractivity (Wildman–Crippen MR) is 78.5 cm³/mol. The number of halogens is 3. The van der Waals surface area contributed by atoms with E-state index in [2.05, 4.69) is 5.92 Å². The van der Waals surface area contributed by atoms with E-state index in [0.717, 1.165) is 17.0 Å². The van der Waals surface area contributed by atoms with E-state index < -0.39 is 29.5 Å². The highest BCUT2D eigenvalue weighted by Gasteiger charge is 2.31. The van der Waals surface area contributed by atoms with Gasteiger partial charge in [-0.25, -0.2) is 4.79 Å². The summed E-state index contributed by atoms with van der Waals surface area (Å²) in [6.45, 7) is 6.66. The number of rotatable bonds is 2. The van der Waals surface area contributed by atoms with Crippen molar-refractivity contribution in [2.45, 2.75) is 45.5 Å². The Morgan fingerprint density at radius 1 is 1.23 bits per heavy atom. The van der Waals surface area contributed by atoms with E-state index in [-0.39, 0.29) is 5.69 Å². The van der Waals surface area contributed by atoms with E-state index in [1.54, 1.807) is 27.7 Å². The summed E-state index contributed by atoms with van der Waals surface area (Å²) in [4.78, 5) is 13.4. The lowest BCUT2D eigenvalue weighted by atomic mass is 10.1. The zero-order chi connectivity index (χ0) is 17.1. The second-order valence-corrected chi connectivity index (χ2v) is 5.74. The number of carbonyl (C=O) groups excluding carboxylic acids is 1. The summed E-state index contributed by atoms with van der Waals surface area (Å²) in [5.41, 5.74) is -1.29. The molecule has 1 atom stereocenters. The Morgan fingerprint density at radius 3 is 2.09 bits per heavy atom. The van der Waals surface area contributed by atoms with Gasteiger partial charge in [0.15, 0.2) is 0 Å². The van der Waals surface area contributed by atoms with E-state index in [1.807, 2.05) is 0 Å². The first-order valence-electron chi connectivity index (χ1n) is 6.61. The second kappa shape index (κ2) is 6.30. The molecule has 0 N–H and O–H groups in total. The van der Waals surface area contributed by atoms with E-state index in [1.165, 1.54) is 12.1 Å². The Labute approximate surface area is 128 Å². The molecule has 1 aromatic carbocycles. The van der Waals surface area contributed by atoms with Crippen LogP contribution >= 0.6 is 0 Å². The fraction of sp³-hybridized carbons (Fsp3) is 0.438. The SMILES string of the molecule is C#CC(C)N(C(=O)OC(C)(C)C)c1ccc(C(F)(F)F)cc1. The fourth-order valence-corrected chi connectivity index (χ4v) is 1.68. The quantitative estimate of drug-likeness (QED) is 0.754. The molecule has 0 saturated heterocycles. The molecule has 22 heavy (non-hydrogen) atoms. The zero-order valence-electron chi connectivity index (χ0n) is 12.9. The second-order valence-electron chi connectivity index (χ2n) is 5.74. The van der Waals surface area contributed by atoms with Crippen molar-refractivity contribution in [2.24, 2.45) is 0 Å². The van der Waals surface area contributed by atoms with Crippen LogP contribution in [0.5, 0.6) is 0 Å². The number of hydrogen-bond acceptors (Lipinski definition) is 2. The topological polar surface area (TPSA) is 29.5 Å². The minimum Gasteiger partial charge on any atom is -0.443 e. The number of hydrogen-bond donors (Lipinski definition) is 0. The normalized spacial score (nSPS) is 13.2. The maximum absolute atomic E-state index is 12.6. The van der Waals surface area contributed by atoms with Crippen LogP contribution in [0.1, 0.15) is 33.3 Å². The molecule has 0 aromatic heterocycles. The maximum atomic E-state index is 12.6. The van der Waals surface area contributed by atoms with Gasteiger partial charge in [-0.15, -0.1) is 6.42 Å². The zero-order valence-corrected chi connectivity index (χ0v) is 12.9. The number of anilines is 1. The van der Waals surface area contributed by atoms with Gasteiger partial charge in [0, 0.05) is 5.69 Å². The molecule has 0 bridgehead atoms. The number of amides is 1. The van der Waals surface area contributed by atoms with Crippen molar-refractivity contribution in [3.63, 3.8) is 0 Å². The van der Waals surface area contributed by atoms with Crippen LogP contribution in [0, 0.1) is 12.3 Å². The molecule has 1 aromatic rings. The summed E-state index contributed by atoms with van der Waals surface area (Å²) >= 11 is 0. The molecule has 0 fully saturated rings. The van der Waals surface area contributed by atoms with Crippen molar-refractivity contribution in [2.75, 3.05) is 4.90 Å². The summed E-state index contributed by atoms with van der Waals surface area (Å²) in [6, 6.07) is 3.53. The number of carbonyl (C=O) groups is 1. The van der Waals surface area contributed by atoms with Crippen molar-refractivity contribution in [1.29, 1.82) is 0 Å². The number of nitrogens with zero attached hydrogens (tertiary/aromatic N) is 1. The number of terminal acetylenes is 1. The van der Waals surface area contributed by atoms with E-state index >= 15 is 0 Å². The highest BCUT2D eigenvalue weighted by Crippen LogP contribution is 2.31. The minimum absolute atomic E-state index is 0.243. The van der Waals surface area contributed by atoms with Gasteiger partial charge < -0.3 is 4.74 Å². The average molecular weight is 313 g/mol. The molecule has 120 valence electrons. The third-order valence-corrected chi connectivity index (χ3v) is 2.69. The van der Waals surface area contributed by atoms with Gasteiger partial charge in [0.1, 0.15) is 5.60 Å². The summed E-state index contributed by atoms with van der Waals surface area (Å²) in [5.74, 6) is 2.38. The molecule has 1 unspecified atom stereocenters. The largest absolute Gasteiger partial charge is 0.443 e. The first kappa shape index (κ1) is 17.9. The summed E-state index contributed by atoms with van der Waals surface area (Å²) in [6.07, 6.45) is 0.184. The predicted octanol–water partition coefficient (Wildman–Crippen LogP) is 4.47. The van der Waals surface area contributed by atoms with Gasteiger partial charge in [-0.05, 0) is 52.0 Å². The fourth-order valence-electron chi connectivity index (χ4n) is 1.68. The number of ether oxygens (including phenoxy) is 1. The van der Waals surface area contributed by atoms with Crippen LogP contribution < -0.4 is 4.90 Å². The van der Waals surface area contributed by atoms with Crippen LogP contribution in [0.2, 0.25) is 0 Å². The Kier molecular flexibility index (Phi) is 5.13. The maximum Gasteiger partial charge on any atom is 0.416 e. The third-order valence-electron chi connectivity index (χ3n) is 2.69. The van der Waals surface area contributed by atoms with Crippen LogP contribution in [0.25, 0.3) is 0 Å². The molecule has 3 nitrogen and oxygen atoms in total. The molecule has 1 amide bonds. The lowest BCUT2D eigenvalue weighted by Gasteiger charge is -2.29. The van der Waals surface area contributed by atoms with Gasteiger partial charge in [0.05, 0.1) is 11.6 Å². The smallest absolute Gasteiger partial charge is 0.416 e. The molecular weight excluding hydrogens is 295 g/mol. The molecule has 0 aliphatic carbocycles. The molecular formula is C16H18F3NO2. The Bertz CT molecular complexity index is 565. The van der Waals surface area contributed by atoms with Crippen LogP contribution in [0.4, 0.5) is 23.7 Å². The monoisotopic (exact) mass is 313 g/mol. The minimum atomic E-state index is -4.44. The van der Waals surface area contributed by atoms with Crippen LogP contribution in [-0.4, -0.2) is 17.7 Å². The van der Waals surface area contributed by atoms with Crippen LogP contribution in [0.3, 0.4) is 0 Å². The van der Waals surface area contributed by atoms with E-state index in [4.69, 9.17) is 11.2 Å². The molecule has 0 saturated carbocycles. The van der Waals surface area contributed by atoms with Crippen molar-refractivity contribution in [3.05, 3.63) is 29.8 Å². The lowest BCUT2D eigenvalue weighted by Crippen LogP contribution is -2.41. The molecule has 0 aliphatic heterocycles. The summed E-state index contributed by atoms with van der Waals surface area (Å²) in [5, 5.41) is 0. The van der Waals surface area contributed by atoms with Crippen molar-refractivity contribution < 1.29 is 22.7 Å². The highest BCUT2D eigenvalue weighted by atomic mass is 19.4. The average Bonchev–Trinajstić information content (AvgIpc) is 2.36. The van der Waals surface area contributed by atoms with Crippen molar-refractivity contribution >= 4 is 11.8 Å². The molecule has 1 rings (SSSR count). The molecule has 0 aliphatic rings. The van der Waals surface area contributed by atoms with E-state index in [9.17, 15) is 18.0 Å². The highest BCUT2D eigenvalue weighted by molar-refractivity contribution is 5.89. The Balaban J connectivity index is 3.13. The first-order chi connectivity index (χ1) is 9.95. The number of benzene rings is 1. The first-order valence-corrected chi connectivity index (χ1v) is 6.61. The van der Waals surface area contributed by atoms with Gasteiger partial charge in [-0.3, -0.25) is 4.90 Å². The third kappa shape index (κ3) is 4.69. The Morgan fingerprint density at radius 2 is 1.73 bits per heavy atom. The van der Waals surface area contributed by atoms with Gasteiger partial charge in [0.2, 0.25) is 0 Å². The van der Waals surface area contributed by atoms with E-state index in [0.29, 0.717) is 0 Å². The van der Waals surface area contributed by atoms with Crippen molar-refractivity contribution in [1.82, 2.24) is 0 Å². The standard InChI is InChI=1S/C16H18F3NO2/c1-6-11(2)20(14(21)22-15(3,4)5)13-9-7-12(8-10-13)16(17,18)19/h1,7-11H,2-5H3.